The minimum atomic E-state index is 0.0489. The number of rotatable bonds is 4. The molecule has 0 radical (unpaired) electrons. The van der Waals surface area contributed by atoms with Crippen molar-refractivity contribution in [3.63, 3.8) is 0 Å². The third-order valence-electron chi connectivity index (χ3n) is 5.46. The van der Waals surface area contributed by atoms with Gasteiger partial charge in [-0.1, -0.05) is 61.2 Å². The topological polar surface area (TPSA) is 59.2 Å². The molecule has 5 heteroatoms. The molecule has 2 aromatic rings. The molecule has 1 aliphatic carbocycles. The van der Waals surface area contributed by atoms with Gasteiger partial charge in [0.25, 0.3) is 0 Å². The van der Waals surface area contributed by atoms with Gasteiger partial charge in [0.15, 0.2) is 5.82 Å². The second kappa shape index (κ2) is 7.38. The number of benzene rings is 1. The van der Waals surface area contributed by atoms with Gasteiger partial charge in [-0.25, -0.2) is 0 Å². The summed E-state index contributed by atoms with van der Waals surface area (Å²) in [6.45, 7) is 0.733. The Morgan fingerprint density at radius 2 is 1.84 bits per heavy atom. The number of nitrogens with zero attached hydrogens (tertiary/aromatic N) is 3. The molecule has 1 aromatic carbocycles. The largest absolute Gasteiger partial charge is 0.339 e. The molecule has 1 aromatic heterocycles. The van der Waals surface area contributed by atoms with Gasteiger partial charge < -0.3 is 9.42 Å². The fourth-order valence-corrected chi connectivity index (χ4v) is 4.10. The van der Waals surface area contributed by atoms with Crippen LogP contribution in [0.15, 0.2) is 34.9 Å². The third kappa shape index (κ3) is 3.75. The standard InChI is InChI=1S/C20H25N3O2/c24-19-13-16(14-23(19)17-10-6-1-2-7-11-17)20-21-18(22-25-20)12-15-8-4-3-5-9-15/h3-5,8-9,16-17H,1-2,6-7,10-14H2. The van der Waals surface area contributed by atoms with E-state index in [2.05, 4.69) is 27.2 Å². The Bertz CT molecular complexity index is 705. The Labute approximate surface area is 148 Å². The molecule has 132 valence electrons. The summed E-state index contributed by atoms with van der Waals surface area (Å²) in [6.07, 6.45) is 8.52. The zero-order valence-corrected chi connectivity index (χ0v) is 14.6. The average molecular weight is 339 g/mol. The summed E-state index contributed by atoms with van der Waals surface area (Å²) in [5, 5.41) is 4.12. The van der Waals surface area contributed by atoms with Crippen molar-refractivity contribution >= 4 is 5.91 Å². The van der Waals surface area contributed by atoms with E-state index in [-0.39, 0.29) is 11.8 Å². The van der Waals surface area contributed by atoms with E-state index in [9.17, 15) is 4.79 Å². The number of hydrogen-bond donors (Lipinski definition) is 0. The fourth-order valence-electron chi connectivity index (χ4n) is 4.10. The van der Waals surface area contributed by atoms with E-state index >= 15 is 0 Å². The molecule has 1 saturated carbocycles. The monoisotopic (exact) mass is 339 g/mol. The average Bonchev–Trinajstić information content (AvgIpc) is 3.14. The van der Waals surface area contributed by atoms with Crippen molar-refractivity contribution in [2.24, 2.45) is 0 Å². The quantitative estimate of drug-likeness (QED) is 0.797. The van der Waals surface area contributed by atoms with Crippen LogP contribution in [0, 0.1) is 0 Å². The molecule has 2 fully saturated rings. The van der Waals surface area contributed by atoms with Gasteiger partial charge in [-0.15, -0.1) is 0 Å². The van der Waals surface area contributed by atoms with Gasteiger partial charge >= 0.3 is 0 Å². The molecule has 0 bridgehead atoms. The highest BCUT2D eigenvalue weighted by atomic mass is 16.5. The van der Waals surface area contributed by atoms with Crippen molar-refractivity contribution in [3.8, 4) is 0 Å². The molecule has 1 atom stereocenters. The minimum Gasteiger partial charge on any atom is -0.339 e. The third-order valence-corrected chi connectivity index (χ3v) is 5.46. The van der Waals surface area contributed by atoms with Gasteiger partial charge in [-0.2, -0.15) is 4.98 Å². The van der Waals surface area contributed by atoms with Gasteiger partial charge in [-0.05, 0) is 18.4 Å². The summed E-state index contributed by atoms with van der Waals surface area (Å²) in [5.74, 6) is 1.62. The lowest BCUT2D eigenvalue weighted by Gasteiger charge is -2.26. The summed E-state index contributed by atoms with van der Waals surface area (Å²) in [6, 6.07) is 10.5. The van der Waals surface area contributed by atoms with Crippen LogP contribution in [-0.2, 0) is 11.2 Å². The zero-order chi connectivity index (χ0) is 17.1. The van der Waals surface area contributed by atoms with Gasteiger partial charge in [0, 0.05) is 25.4 Å². The van der Waals surface area contributed by atoms with Crippen molar-refractivity contribution in [2.45, 2.75) is 63.3 Å². The molecule has 1 amide bonds. The first-order chi connectivity index (χ1) is 12.3. The first kappa shape index (κ1) is 16.3. The summed E-state index contributed by atoms with van der Waals surface area (Å²) in [5.41, 5.74) is 1.16. The maximum atomic E-state index is 12.5. The van der Waals surface area contributed by atoms with E-state index in [0.29, 0.717) is 30.6 Å². The zero-order valence-electron chi connectivity index (χ0n) is 14.6. The Kier molecular flexibility index (Phi) is 4.81. The van der Waals surface area contributed by atoms with Gasteiger partial charge in [-0.3, -0.25) is 4.79 Å². The lowest BCUT2D eigenvalue weighted by atomic mass is 10.1. The van der Waals surface area contributed by atoms with Crippen LogP contribution in [0.5, 0.6) is 0 Å². The lowest BCUT2D eigenvalue weighted by molar-refractivity contribution is -0.129. The van der Waals surface area contributed by atoms with Crippen LogP contribution in [0.2, 0.25) is 0 Å². The predicted octanol–water partition coefficient (Wildman–Crippen LogP) is 3.70. The molecular weight excluding hydrogens is 314 g/mol. The Hall–Kier alpha value is -2.17. The number of amides is 1. The molecule has 0 spiro atoms. The SMILES string of the molecule is O=C1CC(c2nc(Cc3ccccc3)no2)CN1C1CCCCCC1. The van der Waals surface area contributed by atoms with Gasteiger partial charge in [0.05, 0.1) is 5.92 Å². The molecule has 2 heterocycles. The summed E-state index contributed by atoms with van der Waals surface area (Å²) in [7, 11) is 0. The van der Waals surface area contributed by atoms with Crippen LogP contribution >= 0.6 is 0 Å². The predicted molar refractivity (Wildman–Crippen MR) is 94.1 cm³/mol. The van der Waals surface area contributed by atoms with Crippen LogP contribution in [0.4, 0.5) is 0 Å². The number of aromatic nitrogens is 2. The second-order valence-corrected chi connectivity index (χ2v) is 7.30. The molecule has 25 heavy (non-hydrogen) atoms. The summed E-state index contributed by atoms with van der Waals surface area (Å²) in [4.78, 5) is 19.1. The van der Waals surface area contributed by atoms with E-state index in [1.807, 2.05) is 18.2 Å². The highest BCUT2D eigenvalue weighted by molar-refractivity contribution is 5.79. The van der Waals surface area contributed by atoms with Crippen molar-refractivity contribution in [3.05, 3.63) is 47.6 Å². The molecule has 1 saturated heterocycles. The van der Waals surface area contributed by atoms with Crippen molar-refractivity contribution < 1.29 is 9.32 Å². The Morgan fingerprint density at radius 1 is 1.08 bits per heavy atom. The smallest absolute Gasteiger partial charge is 0.232 e. The molecular formula is C20H25N3O2. The van der Waals surface area contributed by atoms with E-state index < -0.39 is 0 Å². The van der Waals surface area contributed by atoms with E-state index in [4.69, 9.17) is 4.52 Å². The number of likely N-dealkylation sites (tertiary alicyclic amines) is 1. The molecule has 1 unspecified atom stereocenters. The van der Waals surface area contributed by atoms with Crippen LogP contribution < -0.4 is 0 Å². The molecule has 0 N–H and O–H groups in total. The van der Waals surface area contributed by atoms with E-state index in [1.54, 1.807) is 0 Å². The maximum Gasteiger partial charge on any atom is 0.232 e. The fraction of sp³-hybridized carbons (Fsp3) is 0.550. The van der Waals surface area contributed by atoms with Crippen molar-refractivity contribution in [2.75, 3.05) is 6.54 Å². The van der Waals surface area contributed by atoms with Crippen LogP contribution in [0.1, 0.15) is 68.1 Å². The highest BCUT2D eigenvalue weighted by Gasteiger charge is 2.37. The van der Waals surface area contributed by atoms with E-state index in [0.717, 1.165) is 24.9 Å². The normalized spacial score (nSPS) is 22.3. The van der Waals surface area contributed by atoms with Gasteiger partial charge in [0.1, 0.15) is 0 Å². The molecule has 5 nitrogen and oxygen atoms in total. The second-order valence-electron chi connectivity index (χ2n) is 7.30. The molecule has 4 rings (SSSR count). The number of carbonyl (C=O) groups is 1. The van der Waals surface area contributed by atoms with Crippen LogP contribution in [0.3, 0.4) is 0 Å². The number of hydrogen-bond acceptors (Lipinski definition) is 4. The Balaban J connectivity index is 1.42. The van der Waals surface area contributed by atoms with Crippen LogP contribution in [0.25, 0.3) is 0 Å². The Morgan fingerprint density at radius 3 is 2.60 bits per heavy atom. The lowest BCUT2D eigenvalue weighted by Crippen LogP contribution is -2.36. The minimum absolute atomic E-state index is 0.0489. The van der Waals surface area contributed by atoms with Crippen molar-refractivity contribution in [1.82, 2.24) is 15.0 Å². The van der Waals surface area contributed by atoms with E-state index in [1.165, 1.54) is 25.7 Å². The van der Waals surface area contributed by atoms with Crippen molar-refractivity contribution in [1.29, 1.82) is 0 Å². The number of carbonyl (C=O) groups excluding carboxylic acids is 1. The molecule has 2 aliphatic rings. The summed E-state index contributed by atoms with van der Waals surface area (Å²) < 4.78 is 5.49. The first-order valence-electron chi connectivity index (χ1n) is 9.45. The maximum absolute atomic E-state index is 12.5. The molecule has 1 aliphatic heterocycles. The van der Waals surface area contributed by atoms with Gasteiger partial charge in [0.2, 0.25) is 11.8 Å². The van der Waals surface area contributed by atoms with Crippen LogP contribution in [-0.4, -0.2) is 33.5 Å². The summed E-state index contributed by atoms with van der Waals surface area (Å²) >= 11 is 0. The first-order valence-corrected chi connectivity index (χ1v) is 9.45. The highest BCUT2D eigenvalue weighted by Crippen LogP contribution is 2.32.